The second-order valence-electron chi connectivity index (χ2n) is 18.8. The number of carbonyl (C=O) groups is 3. The molecule has 1 unspecified atom stereocenters. The summed E-state index contributed by atoms with van der Waals surface area (Å²) >= 11 is 0. The van der Waals surface area contributed by atoms with Crippen LogP contribution in [0.3, 0.4) is 0 Å². The molecule has 0 aliphatic heterocycles. The molecule has 0 aliphatic carbocycles. The maximum atomic E-state index is 12.8. The highest BCUT2D eigenvalue weighted by atomic mass is 16.6. The van der Waals surface area contributed by atoms with Crippen LogP contribution in [0.1, 0.15) is 284 Å². The first-order valence-electron chi connectivity index (χ1n) is 28.3. The Kier molecular flexibility index (Phi) is 52.3. The van der Waals surface area contributed by atoms with Crippen LogP contribution in [0.15, 0.2) is 60.8 Å². The number of esters is 3. The lowest BCUT2D eigenvalue weighted by atomic mass is 10.0. The molecule has 6 heteroatoms. The SMILES string of the molecule is CCCC/C=C\C/C=C\CCCCCCCC(=O)OC(COC(=O)CCCCCCCCC)COC(=O)CCCCCCCCCCCCCC/C=C\C/C=C\C/C=C\CCCCCCC. The third-order valence-electron chi connectivity index (χ3n) is 12.2. The molecule has 0 spiro atoms. The van der Waals surface area contributed by atoms with Gasteiger partial charge in [0.05, 0.1) is 0 Å². The summed E-state index contributed by atoms with van der Waals surface area (Å²) in [6.07, 6.45) is 68.1. The van der Waals surface area contributed by atoms with Crippen LogP contribution in [-0.2, 0) is 28.6 Å². The lowest BCUT2D eigenvalue weighted by Crippen LogP contribution is -2.30. The van der Waals surface area contributed by atoms with Gasteiger partial charge in [0.1, 0.15) is 13.2 Å². The van der Waals surface area contributed by atoms with Gasteiger partial charge in [-0.3, -0.25) is 14.4 Å². The van der Waals surface area contributed by atoms with Crippen molar-refractivity contribution in [2.24, 2.45) is 0 Å². The fraction of sp³-hybridized carbons (Fsp3) is 0.783. The van der Waals surface area contributed by atoms with E-state index in [9.17, 15) is 14.4 Å². The summed E-state index contributed by atoms with van der Waals surface area (Å²) in [5, 5.41) is 0. The second-order valence-corrected chi connectivity index (χ2v) is 18.8. The molecule has 0 amide bonds. The van der Waals surface area contributed by atoms with Crippen LogP contribution in [0.5, 0.6) is 0 Å². The Labute approximate surface area is 409 Å². The van der Waals surface area contributed by atoms with E-state index in [1.165, 1.54) is 148 Å². The van der Waals surface area contributed by atoms with E-state index in [1.54, 1.807) is 0 Å². The average molecular weight is 924 g/mol. The monoisotopic (exact) mass is 923 g/mol. The van der Waals surface area contributed by atoms with Crippen LogP contribution < -0.4 is 0 Å². The van der Waals surface area contributed by atoms with Crippen LogP contribution in [-0.4, -0.2) is 37.2 Å². The van der Waals surface area contributed by atoms with E-state index >= 15 is 0 Å². The zero-order valence-electron chi connectivity index (χ0n) is 43.7. The third-order valence-corrected chi connectivity index (χ3v) is 12.2. The van der Waals surface area contributed by atoms with Crippen LogP contribution in [0, 0.1) is 0 Å². The number of ether oxygens (including phenoxy) is 3. The molecule has 0 radical (unpaired) electrons. The molecule has 6 nitrogen and oxygen atoms in total. The van der Waals surface area contributed by atoms with E-state index in [0.29, 0.717) is 19.3 Å². The Morgan fingerprint density at radius 2 is 0.561 bits per heavy atom. The first-order chi connectivity index (χ1) is 32.5. The topological polar surface area (TPSA) is 78.9 Å². The number of hydrogen-bond donors (Lipinski definition) is 0. The molecule has 0 heterocycles. The minimum absolute atomic E-state index is 0.0791. The van der Waals surface area contributed by atoms with Crippen molar-refractivity contribution in [2.45, 2.75) is 290 Å². The fourth-order valence-corrected chi connectivity index (χ4v) is 7.94. The van der Waals surface area contributed by atoms with Crippen molar-refractivity contribution in [3.8, 4) is 0 Å². The van der Waals surface area contributed by atoms with Gasteiger partial charge < -0.3 is 14.2 Å². The van der Waals surface area contributed by atoms with Gasteiger partial charge >= 0.3 is 17.9 Å². The zero-order chi connectivity index (χ0) is 47.9. The average Bonchev–Trinajstić information content (AvgIpc) is 3.31. The molecule has 0 fully saturated rings. The molecule has 0 rings (SSSR count). The van der Waals surface area contributed by atoms with Crippen molar-refractivity contribution >= 4 is 17.9 Å². The van der Waals surface area contributed by atoms with E-state index in [-0.39, 0.29) is 31.1 Å². The largest absolute Gasteiger partial charge is 0.462 e. The van der Waals surface area contributed by atoms with Crippen molar-refractivity contribution in [3.63, 3.8) is 0 Å². The van der Waals surface area contributed by atoms with E-state index in [1.807, 2.05) is 0 Å². The van der Waals surface area contributed by atoms with Crippen LogP contribution in [0.4, 0.5) is 0 Å². The minimum Gasteiger partial charge on any atom is -0.462 e. The molecule has 66 heavy (non-hydrogen) atoms. The van der Waals surface area contributed by atoms with Gasteiger partial charge in [-0.2, -0.15) is 0 Å². The van der Waals surface area contributed by atoms with E-state index in [2.05, 4.69) is 81.5 Å². The minimum atomic E-state index is -0.778. The number of rotatable bonds is 51. The standard InChI is InChI=1S/C60H106O6/c1-4-7-10-13-16-18-20-22-24-25-26-27-28-29-30-31-32-33-34-35-36-38-39-41-44-47-50-53-59(62)65-56-57(55-64-58(61)52-49-46-43-15-12-9-6-3)66-60(63)54-51-48-45-42-40-37-23-21-19-17-14-11-8-5-2/h14,17,20-23,25-26,28-29,57H,4-13,15-16,18-19,24,27,30-56H2,1-3H3/b17-14-,22-20-,23-21-,26-25-,29-28-. The van der Waals surface area contributed by atoms with Gasteiger partial charge in [0, 0.05) is 19.3 Å². The van der Waals surface area contributed by atoms with Crippen molar-refractivity contribution in [3.05, 3.63) is 60.8 Å². The Balaban J connectivity index is 4.12. The molecular formula is C60H106O6. The highest BCUT2D eigenvalue weighted by Crippen LogP contribution is 2.15. The van der Waals surface area contributed by atoms with Crippen molar-refractivity contribution in [1.82, 2.24) is 0 Å². The fourth-order valence-electron chi connectivity index (χ4n) is 7.94. The molecule has 0 saturated heterocycles. The third kappa shape index (κ3) is 52.1. The summed E-state index contributed by atoms with van der Waals surface area (Å²) < 4.78 is 16.7. The Hall–Kier alpha value is -2.89. The Morgan fingerprint density at radius 3 is 0.894 bits per heavy atom. The highest BCUT2D eigenvalue weighted by molar-refractivity contribution is 5.71. The van der Waals surface area contributed by atoms with Gasteiger partial charge in [0.25, 0.3) is 0 Å². The molecule has 1 atom stereocenters. The van der Waals surface area contributed by atoms with Crippen LogP contribution >= 0.6 is 0 Å². The number of unbranched alkanes of at least 4 members (excludes halogenated alkanes) is 30. The smallest absolute Gasteiger partial charge is 0.306 e. The van der Waals surface area contributed by atoms with Gasteiger partial charge in [-0.15, -0.1) is 0 Å². The van der Waals surface area contributed by atoms with Gasteiger partial charge in [-0.05, 0) is 83.5 Å². The molecule has 0 saturated carbocycles. The first kappa shape index (κ1) is 63.1. The lowest BCUT2D eigenvalue weighted by Gasteiger charge is -2.18. The van der Waals surface area contributed by atoms with E-state index < -0.39 is 6.10 Å². The van der Waals surface area contributed by atoms with Crippen molar-refractivity contribution < 1.29 is 28.6 Å². The van der Waals surface area contributed by atoms with E-state index in [0.717, 1.165) is 96.3 Å². The highest BCUT2D eigenvalue weighted by Gasteiger charge is 2.19. The molecular weight excluding hydrogens is 817 g/mol. The summed E-state index contributed by atoms with van der Waals surface area (Å²) in [6.45, 7) is 6.54. The lowest BCUT2D eigenvalue weighted by molar-refractivity contribution is -0.167. The van der Waals surface area contributed by atoms with Gasteiger partial charge in [0.15, 0.2) is 6.10 Å². The predicted molar refractivity (Wildman–Crippen MR) is 284 cm³/mol. The normalized spacial score (nSPS) is 12.5. The van der Waals surface area contributed by atoms with Gasteiger partial charge in [-0.1, -0.05) is 242 Å². The molecule has 0 bridgehead atoms. The molecule has 382 valence electrons. The number of carbonyl (C=O) groups excluding carboxylic acids is 3. The molecule has 0 aromatic carbocycles. The Morgan fingerprint density at radius 1 is 0.303 bits per heavy atom. The van der Waals surface area contributed by atoms with Gasteiger partial charge in [0.2, 0.25) is 0 Å². The summed E-state index contributed by atoms with van der Waals surface area (Å²) in [7, 11) is 0. The second kappa shape index (κ2) is 54.7. The summed E-state index contributed by atoms with van der Waals surface area (Å²) in [5.74, 6) is -0.895. The predicted octanol–water partition coefficient (Wildman–Crippen LogP) is 18.8. The van der Waals surface area contributed by atoms with Crippen LogP contribution in [0.25, 0.3) is 0 Å². The maximum Gasteiger partial charge on any atom is 0.306 e. The quantitative estimate of drug-likeness (QED) is 0.0262. The summed E-state index contributed by atoms with van der Waals surface area (Å²) in [4.78, 5) is 37.9. The number of hydrogen-bond acceptors (Lipinski definition) is 6. The maximum absolute atomic E-state index is 12.8. The molecule has 0 aliphatic rings. The summed E-state index contributed by atoms with van der Waals surface area (Å²) in [6, 6.07) is 0. The summed E-state index contributed by atoms with van der Waals surface area (Å²) in [5.41, 5.74) is 0. The van der Waals surface area contributed by atoms with Crippen molar-refractivity contribution in [1.29, 1.82) is 0 Å². The zero-order valence-corrected chi connectivity index (χ0v) is 43.7. The molecule has 0 N–H and O–H groups in total. The van der Waals surface area contributed by atoms with Gasteiger partial charge in [-0.25, -0.2) is 0 Å². The Bertz CT molecular complexity index is 1200. The number of allylic oxidation sites excluding steroid dienone is 10. The first-order valence-corrected chi connectivity index (χ1v) is 28.3. The van der Waals surface area contributed by atoms with Crippen molar-refractivity contribution in [2.75, 3.05) is 13.2 Å². The molecule has 0 aromatic rings. The molecule has 0 aromatic heterocycles. The van der Waals surface area contributed by atoms with E-state index in [4.69, 9.17) is 14.2 Å². The van der Waals surface area contributed by atoms with Crippen LogP contribution in [0.2, 0.25) is 0 Å².